The Morgan fingerprint density at radius 3 is 2.81 bits per heavy atom. The maximum Gasteiger partial charge on any atom is 0.239 e. The Morgan fingerprint density at radius 1 is 1.42 bits per heavy atom. The van der Waals surface area contributed by atoms with Crippen LogP contribution in [0.25, 0.3) is 11.2 Å². The molecule has 1 amide bonds. The minimum Gasteiger partial charge on any atom is -0.394 e. The van der Waals surface area contributed by atoms with Crippen LogP contribution in [-0.2, 0) is 9.53 Å². The number of aromatic amines is 1. The molecule has 172 valence electrons. The lowest BCUT2D eigenvalue weighted by Crippen LogP contribution is -2.47. The van der Waals surface area contributed by atoms with Crippen molar-refractivity contribution in [2.45, 2.75) is 50.0 Å². The first-order valence-corrected chi connectivity index (χ1v) is 10.2. The third-order valence-corrected chi connectivity index (χ3v) is 5.29. The molecule has 1 saturated heterocycles. The van der Waals surface area contributed by atoms with Crippen LogP contribution in [-0.4, -0.2) is 96.0 Å². The number of aliphatic hydroxyl groups excluding tert-OH is 4. The lowest BCUT2D eigenvalue weighted by Gasteiger charge is -2.17. The molecule has 1 aliphatic rings. The molecule has 2 aromatic heterocycles. The van der Waals surface area contributed by atoms with Crippen LogP contribution in [0.5, 0.6) is 0 Å². The standard InChI is InChI=1S/C17H27N7O6S/c1-7(26)9(18)14(29)19-3-2-4-20-17-22-13-10(15(31)23-17)21-6-24(13)16-12(28)11(27)8(5-25)30-16/h6-9,11-12,16,25-28H,2-5,18H2,1H3,(H,19,29)(H2,20,22,23,31)/t7?,8-,9?,11+,12?,16-/m1/s1. The molecule has 13 nitrogen and oxygen atoms in total. The highest BCUT2D eigenvalue weighted by Crippen LogP contribution is 2.31. The number of nitrogens with two attached hydrogens (primary N) is 1. The van der Waals surface area contributed by atoms with E-state index in [1.807, 2.05) is 0 Å². The minimum atomic E-state index is -1.27. The summed E-state index contributed by atoms with van der Waals surface area (Å²) >= 11 is 5.28. The summed E-state index contributed by atoms with van der Waals surface area (Å²) in [6.07, 6.45) is -3.38. The van der Waals surface area contributed by atoms with Crippen molar-refractivity contribution in [1.82, 2.24) is 24.8 Å². The molecule has 3 rings (SSSR count). The molecule has 0 bridgehead atoms. The molecule has 0 saturated carbocycles. The maximum atomic E-state index is 11.7. The Bertz CT molecular complexity index is 966. The van der Waals surface area contributed by atoms with Gasteiger partial charge in [0, 0.05) is 13.1 Å². The van der Waals surface area contributed by atoms with E-state index in [-0.39, 0.29) is 4.64 Å². The van der Waals surface area contributed by atoms with Gasteiger partial charge in [0.15, 0.2) is 10.9 Å². The van der Waals surface area contributed by atoms with Gasteiger partial charge in [0.25, 0.3) is 0 Å². The predicted molar refractivity (Wildman–Crippen MR) is 111 cm³/mol. The highest BCUT2D eigenvalue weighted by Gasteiger charge is 2.43. The number of hydrogen-bond acceptors (Lipinski definition) is 11. The number of imidazole rings is 1. The molecule has 0 spiro atoms. The normalized spacial score (nSPS) is 25.5. The van der Waals surface area contributed by atoms with E-state index in [2.05, 4.69) is 25.6 Å². The number of H-pyrrole nitrogens is 1. The first-order chi connectivity index (χ1) is 14.7. The molecule has 6 atom stereocenters. The van der Waals surface area contributed by atoms with Crippen molar-refractivity contribution >= 4 is 35.2 Å². The van der Waals surface area contributed by atoms with Crippen LogP contribution in [0.1, 0.15) is 19.6 Å². The van der Waals surface area contributed by atoms with Crippen LogP contribution in [0, 0.1) is 4.64 Å². The van der Waals surface area contributed by atoms with E-state index >= 15 is 0 Å². The SMILES string of the molecule is CC(O)C(N)C(=O)NCCCNc1nc(=S)c2ncn([C@@H]3O[C@H](CO)[C@H](O)C3O)c2[nH]1. The Morgan fingerprint density at radius 2 is 2.16 bits per heavy atom. The van der Waals surface area contributed by atoms with Crippen molar-refractivity contribution < 1.29 is 30.0 Å². The number of hydrogen-bond donors (Lipinski definition) is 8. The van der Waals surface area contributed by atoms with Crippen LogP contribution in [0.2, 0.25) is 0 Å². The largest absolute Gasteiger partial charge is 0.394 e. The second-order valence-corrected chi connectivity index (χ2v) is 7.69. The summed E-state index contributed by atoms with van der Waals surface area (Å²) in [5.41, 5.74) is 6.37. The van der Waals surface area contributed by atoms with Gasteiger partial charge in [-0.25, -0.2) is 9.97 Å². The van der Waals surface area contributed by atoms with Gasteiger partial charge in [-0.05, 0) is 13.3 Å². The van der Waals surface area contributed by atoms with Crippen LogP contribution in [0.15, 0.2) is 6.33 Å². The quantitative estimate of drug-likeness (QED) is 0.149. The third kappa shape index (κ3) is 5.01. The van der Waals surface area contributed by atoms with Crippen molar-refractivity contribution in [3.05, 3.63) is 11.0 Å². The zero-order chi connectivity index (χ0) is 22.7. The van der Waals surface area contributed by atoms with Crippen LogP contribution < -0.4 is 16.4 Å². The maximum absolute atomic E-state index is 11.7. The molecular weight excluding hydrogens is 430 g/mol. The van der Waals surface area contributed by atoms with E-state index < -0.39 is 49.2 Å². The van der Waals surface area contributed by atoms with Gasteiger partial charge in [-0.1, -0.05) is 12.2 Å². The van der Waals surface area contributed by atoms with Crippen molar-refractivity contribution in [3.8, 4) is 0 Å². The number of fused-ring (bicyclic) bond motifs is 1. The first-order valence-electron chi connectivity index (χ1n) is 9.79. The second-order valence-electron chi connectivity index (χ2n) is 7.31. The molecule has 3 heterocycles. The van der Waals surface area contributed by atoms with Gasteiger partial charge >= 0.3 is 0 Å². The smallest absolute Gasteiger partial charge is 0.239 e. The summed E-state index contributed by atoms with van der Waals surface area (Å²) in [6, 6.07) is -0.981. The van der Waals surface area contributed by atoms with Crippen molar-refractivity contribution in [2.24, 2.45) is 5.73 Å². The lowest BCUT2D eigenvalue weighted by molar-refractivity contribution is -0.124. The van der Waals surface area contributed by atoms with Gasteiger partial charge in [0.2, 0.25) is 11.9 Å². The molecule has 0 aromatic carbocycles. The van der Waals surface area contributed by atoms with Crippen molar-refractivity contribution in [1.29, 1.82) is 0 Å². The summed E-state index contributed by atoms with van der Waals surface area (Å²) in [6.45, 7) is 1.79. The second kappa shape index (κ2) is 9.95. The van der Waals surface area contributed by atoms with Crippen molar-refractivity contribution in [2.75, 3.05) is 25.0 Å². The monoisotopic (exact) mass is 457 g/mol. The first kappa shape index (κ1) is 23.5. The molecule has 1 fully saturated rings. The number of nitrogens with one attached hydrogen (secondary N) is 3. The fourth-order valence-corrected chi connectivity index (χ4v) is 3.41. The topological polar surface area (TPSA) is 204 Å². The molecule has 1 aliphatic heterocycles. The highest BCUT2D eigenvalue weighted by atomic mass is 32.1. The van der Waals surface area contributed by atoms with Crippen LogP contribution in [0.3, 0.4) is 0 Å². The number of amides is 1. The van der Waals surface area contributed by atoms with Crippen LogP contribution in [0.4, 0.5) is 5.95 Å². The lowest BCUT2D eigenvalue weighted by atomic mass is 10.1. The Kier molecular flexibility index (Phi) is 7.53. The van der Waals surface area contributed by atoms with Gasteiger partial charge in [-0.15, -0.1) is 0 Å². The molecule has 3 unspecified atom stereocenters. The molecule has 0 aliphatic carbocycles. The van der Waals surface area contributed by atoms with Crippen molar-refractivity contribution in [3.63, 3.8) is 0 Å². The summed E-state index contributed by atoms with van der Waals surface area (Å²) in [5, 5.41) is 44.6. The number of nitrogens with zero attached hydrogens (tertiary/aromatic N) is 3. The predicted octanol–water partition coefficient (Wildman–Crippen LogP) is -2.27. The summed E-state index contributed by atoms with van der Waals surface area (Å²) in [5.74, 6) is -0.0886. The van der Waals surface area contributed by atoms with E-state index in [0.717, 1.165) is 0 Å². The van der Waals surface area contributed by atoms with E-state index in [4.69, 9.17) is 22.7 Å². The third-order valence-electron chi connectivity index (χ3n) is 5.01. The molecule has 31 heavy (non-hydrogen) atoms. The van der Waals surface area contributed by atoms with Gasteiger partial charge in [0.05, 0.1) is 19.0 Å². The highest BCUT2D eigenvalue weighted by molar-refractivity contribution is 7.71. The number of aromatic nitrogens is 4. The number of ether oxygens (including phenoxy) is 1. The zero-order valence-electron chi connectivity index (χ0n) is 16.8. The van der Waals surface area contributed by atoms with E-state index in [1.54, 1.807) is 0 Å². The molecule has 0 radical (unpaired) electrons. The summed E-state index contributed by atoms with van der Waals surface area (Å²) in [7, 11) is 0. The van der Waals surface area contributed by atoms with Gasteiger partial charge in [-0.3, -0.25) is 9.36 Å². The molecule has 2 aromatic rings. The average Bonchev–Trinajstić information content (AvgIpc) is 3.28. The Balaban J connectivity index is 1.65. The van der Waals surface area contributed by atoms with Gasteiger partial charge in [0.1, 0.15) is 35.5 Å². The molecule has 14 heteroatoms. The van der Waals surface area contributed by atoms with E-state index in [1.165, 1.54) is 17.8 Å². The van der Waals surface area contributed by atoms with Gasteiger partial charge in [-0.2, -0.15) is 0 Å². The Labute approximate surface area is 182 Å². The van der Waals surface area contributed by atoms with E-state index in [9.17, 15) is 25.2 Å². The minimum absolute atomic E-state index is 0.220. The van der Waals surface area contributed by atoms with Gasteiger partial charge < -0.3 is 46.5 Å². The fraction of sp³-hybridized carbons (Fsp3) is 0.647. The van der Waals surface area contributed by atoms with E-state index in [0.29, 0.717) is 36.6 Å². The summed E-state index contributed by atoms with van der Waals surface area (Å²) in [4.78, 5) is 23.2. The number of carbonyl (C=O) groups excluding carboxylic acids is 1. The average molecular weight is 458 g/mol. The number of rotatable bonds is 9. The molecular formula is C17H27N7O6S. The zero-order valence-corrected chi connectivity index (χ0v) is 17.6. The fourth-order valence-electron chi connectivity index (χ4n) is 3.17. The number of anilines is 1. The summed E-state index contributed by atoms with van der Waals surface area (Å²) < 4.78 is 7.25. The number of carbonyl (C=O) groups is 1. The number of aliphatic hydroxyl groups is 4. The van der Waals surface area contributed by atoms with Crippen LogP contribution >= 0.6 is 12.2 Å². The molecule has 9 N–H and O–H groups in total. The Hall–Kier alpha value is -2.20.